The van der Waals surface area contributed by atoms with Gasteiger partial charge < -0.3 is 15.3 Å². The zero-order chi connectivity index (χ0) is 13.9. The summed E-state index contributed by atoms with van der Waals surface area (Å²) in [7, 11) is 3.68. The molecule has 1 rings (SSSR count). The second-order valence-electron chi connectivity index (χ2n) is 4.48. The number of carboxylic acids is 1. The Morgan fingerprint density at radius 3 is 2.56 bits per heavy atom. The minimum absolute atomic E-state index is 0.555. The SMILES string of the molecule is Cc1ccc(C(C)C(=O)O)c(NC(=S)N(C)C)c1. The second kappa shape index (κ2) is 5.82. The largest absolute Gasteiger partial charge is 0.481 e. The quantitative estimate of drug-likeness (QED) is 0.823. The number of hydrogen-bond donors (Lipinski definition) is 2. The van der Waals surface area contributed by atoms with Crippen molar-refractivity contribution in [2.45, 2.75) is 19.8 Å². The molecule has 18 heavy (non-hydrogen) atoms. The summed E-state index contributed by atoms with van der Waals surface area (Å²) in [6, 6.07) is 5.64. The van der Waals surface area contributed by atoms with E-state index in [2.05, 4.69) is 5.32 Å². The van der Waals surface area contributed by atoms with E-state index in [0.29, 0.717) is 5.11 Å². The molecule has 0 bridgehead atoms. The summed E-state index contributed by atoms with van der Waals surface area (Å²) in [6.45, 7) is 3.62. The summed E-state index contributed by atoms with van der Waals surface area (Å²) in [5, 5.41) is 12.7. The normalized spacial score (nSPS) is 11.8. The number of benzene rings is 1. The molecule has 0 amide bonds. The summed E-state index contributed by atoms with van der Waals surface area (Å²) in [5.74, 6) is -1.42. The highest BCUT2D eigenvalue weighted by atomic mass is 32.1. The van der Waals surface area contributed by atoms with E-state index in [-0.39, 0.29) is 0 Å². The number of carboxylic acid groups (broad SMARTS) is 1. The van der Waals surface area contributed by atoms with E-state index in [9.17, 15) is 4.79 Å². The Bertz CT molecular complexity index is 472. The molecule has 4 nitrogen and oxygen atoms in total. The van der Waals surface area contributed by atoms with Gasteiger partial charge in [-0.15, -0.1) is 0 Å². The number of rotatable bonds is 3. The van der Waals surface area contributed by atoms with Gasteiger partial charge in [0.25, 0.3) is 0 Å². The summed E-state index contributed by atoms with van der Waals surface area (Å²) in [6.07, 6.45) is 0. The predicted octanol–water partition coefficient (Wildman–Crippen LogP) is 2.44. The van der Waals surface area contributed by atoms with Crippen molar-refractivity contribution in [1.82, 2.24) is 4.90 Å². The van der Waals surface area contributed by atoms with Crippen LogP contribution in [-0.4, -0.2) is 35.2 Å². The van der Waals surface area contributed by atoms with Gasteiger partial charge in [0.15, 0.2) is 5.11 Å². The lowest BCUT2D eigenvalue weighted by Crippen LogP contribution is -2.28. The second-order valence-corrected chi connectivity index (χ2v) is 4.86. The van der Waals surface area contributed by atoms with Crippen LogP contribution in [0.2, 0.25) is 0 Å². The minimum Gasteiger partial charge on any atom is -0.481 e. The van der Waals surface area contributed by atoms with Crippen molar-refractivity contribution >= 4 is 29.0 Å². The molecule has 0 aliphatic heterocycles. The molecular weight excluding hydrogens is 248 g/mol. The van der Waals surface area contributed by atoms with Crippen molar-refractivity contribution in [3.05, 3.63) is 29.3 Å². The number of anilines is 1. The summed E-state index contributed by atoms with van der Waals surface area (Å²) in [4.78, 5) is 12.9. The van der Waals surface area contributed by atoms with Crippen LogP contribution in [0.3, 0.4) is 0 Å². The monoisotopic (exact) mass is 266 g/mol. The maximum absolute atomic E-state index is 11.1. The molecular formula is C13H18N2O2S. The van der Waals surface area contributed by atoms with E-state index in [1.54, 1.807) is 11.8 Å². The first-order valence-electron chi connectivity index (χ1n) is 5.64. The Morgan fingerprint density at radius 1 is 1.44 bits per heavy atom. The Morgan fingerprint density at radius 2 is 2.06 bits per heavy atom. The molecule has 0 aliphatic carbocycles. The lowest BCUT2D eigenvalue weighted by Gasteiger charge is -2.19. The number of hydrogen-bond acceptors (Lipinski definition) is 2. The van der Waals surface area contributed by atoms with E-state index in [4.69, 9.17) is 17.3 Å². The van der Waals surface area contributed by atoms with Gasteiger partial charge in [0.2, 0.25) is 0 Å². The molecule has 0 saturated carbocycles. The van der Waals surface area contributed by atoms with E-state index >= 15 is 0 Å². The number of nitrogens with one attached hydrogen (secondary N) is 1. The zero-order valence-electron chi connectivity index (χ0n) is 11.0. The Kier molecular flexibility index (Phi) is 4.67. The Hall–Kier alpha value is -1.62. The van der Waals surface area contributed by atoms with Gasteiger partial charge in [0.1, 0.15) is 0 Å². The van der Waals surface area contributed by atoms with Crippen LogP contribution >= 0.6 is 12.2 Å². The number of aliphatic carboxylic acids is 1. The number of nitrogens with zero attached hydrogens (tertiary/aromatic N) is 1. The fourth-order valence-corrected chi connectivity index (χ4v) is 1.63. The lowest BCUT2D eigenvalue weighted by atomic mass is 9.98. The number of aryl methyl sites for hydroxylation is 1. The topological polar surface area (TPSA) is 52.6 Å². The minimum atomic E-state index is -0.849. The average molecular weight is 266 g/mol. The lowest BCUT2D eigenvalue weighted by molar-refractivity contribution is -0.138. The van der Waals surface area contributed by atoms with Crippen molar-refractivity contribution in [2.75, 3.05) is 19.4 Å². The van der Waals surface area contributed by atoms with Crippen LogP contribution in [0.1, 0.15) is 24.0 Å². The van der Waals surface area contributed by atoms with E-state index < -0.39 is 11.9 Å². The molecule has 0 aliphatic rings. The van der Waals surface area contributed by atoms with Crippen LogP contribution in [-0.2, 0) is 4.79 Å². The molecule has 98 valence electrons. The maximum atomic E-state index is 11.1. The zero-order valence-corrected chi connectivity index (χ0v) is 11.8. The summed E-state index contributed by atoms with van der Waals surface area (Å²) in [5.41, 5.74) is 2.54. The van der Waals surface area contributed by atoms with Crippen molar-refractivity contribution in [1.29, 1.82) is 0 Å². The highest BCUT2D eigenvalue weighted by molar-refractivity contribution is 7.80. The predicted molar refractivity (Wildman–Crippen MR) is 77.1 cm³/mol. The van der Waals surface area contributed by atoms with E-state index in [1.165, 1.54) is 0 Å². The Labute approximate surface area is 113 Å². The molecule has 0 spiro atoms. The molecule has 5 heteroatoms. The summed E-state index contributed by atoms with van der Waals surface area (Å²) >= 11 is 5.18. The van der Waals surface area contributed by atoms with Gasteiger partial charge >= 0.3 is 5.97 Å². The third kappa shape index (κ3) is 3.43. The van der Waals surface area contributed by atoms with Crippen LogP contribution < -0.4 is 5.32 Å². The number of carbonyl (C=O) groups is 1. The molecule has 2 N–H and O–H groups in total. The average Bonchev–Trinajstić information content (AvgIpc) is 2.28. The molecule has 1 unspecified atom stereocenters. The standard InChI is InChI=1S/C13H18N2O2S/c1-8-5-6-10(9(2)12(16)17)11(7-8)14-13(18)15(3)4/h5-7,9H,1-4H3,(H,14,18)(H,16,17). The number of thiocarbonyl (C=S) groups is 1. The first kappa shape index (κ1) is 14.4. The fraction of sp³-hybridized carbons (Fsp3) is 0.385. The smallest absolute Gasteiger partial charge is 0.310 e. The molecule has 1 aromatic rings. The maximum Gasteiger partial charge on any atom is 0.310 e. The van der Waals surface area contributed by atoms with Crippen molar-refractivity contribution in [3.63, 3.8) is 0 Å². The van der Waals surface area contributed by atoms with Gasteiger partial charge in [-0.3, -0.25) is 4.79 Å². The van der Waals surface area contributed by atoms with Crippen molar-refractivity contribution < 1.29 is 9.90 Å². The van der Waals surface area contributed by atoms with Gasteiger partial charge in [-0.1, -0.05) is 12.1 Å². The van der Waals surface area contributed by atoms with E-state index in [0.717, 1.165) is 16.8 Å². The molecule has 0 aromatic heterocycles. The highest BCUT2D eigenvalue weighted by Crippen LogP contribution is 2.26. The molecule has 0 heterocycles. The van der Waals surface area contributed by atoms with Gasteiger partial charge in [-0.25, -0.2) is 0 Å². The van der Waals surface area contributed by atoms with Gasteiger partial charge in [0, 0.05) is 19.8 Å². The van der Waals surface area contributed by atoms with Gasteiger partial charge in [0.05, 0.1) is 5.92 Å². The summed E-state index contributed by atoms with van der Waals surface area (Å²) < 4.78 is 0. The van der Waals surface area contributed by atoms with Crippen LogP contribution in [0.4, 0.5) is 5.69 Å². The molecule has 0 radical (unpaired) electrons. The molecule has 0 fully saturated rings. The molecule has 0 saturated heterocycles. The molecule has 1 aromatic carbocycles. The van der Waals surface area contributed by atoms with Gasteiger partial charge in [-0.2, -0.15) is 0 Å². The fourth-order valence-electron chi connectivity index (χ4n) is 1.52. The van der Waals surface area contributed by atoms with E-state index in [1.807, 2.05) is 39.2 Å². The first-order valence-corrected chi connectivity index (χ1v) is 6.05. The third-order valence-corrected chi connectivity index (χ3v) is 3.16. The van der Waals surface area contributed by atoms with Gasteiger partial charge in [-0.05, 0) is 43.3 Å². The van der Waals surface area contributed by atoms with Crippen LogP contribution in [0.15, 0.2) is 18.2 Å². The van der Waals surface area contributed by atoms with Crippen LogP contribution in [0.5, 0.6) is 0 Å². The molecule has 1 atom stereocenters. The van der Waals surface area contributed by atoms with Crippen LogP contribution in [0.25, 0.3) is 0 Å². The first-order chi connectivity index (χ1) is 8.32. The Balaban J connectivity index is 3.11. The third-order valence-electron chi connectivity index (χ3n) is 2.69. The highest BCUT2D eigenvalue weighted by Gasteiger charge is 2.18. The van der Waals surface area contributed by atoms with Crippen molar-refractivity contribution in [2.24, 2.45) is 0 Å². The van der Waals surface area contributed by atoms with Crippen molar-refractivity contribution in [3.8, 4) is 0 Å². The van der Waals surface area contributed by atoms with Crippen LogP contribution in [0, 0.1) is 6.92 Å².